The molecule has 0 bridgehead atoms. The van der Waals surface area contributed by atoms with Gasteiger partial charge >= 0.3 is 0 Å². The minimum atomic E-state index is -0.634. The molecule has 1 aliphatic rings. The second-order valence-electron chi connectivity index (χ2n) is 8.24. The Hall–Kier alpha value is -4.10. The van der Waals surface area contributed by atoms with Crippen LogP contribution in [0.25, 0.3) is 0 Å². The topological polar surface area (TPSA) is 87.7 Å². The number of anilines is 3. The zero-order chi connectivity index (χ0) is 25.3. The van der Waals surface area contributed by atoms with Crippen LogP contribution in [0.5, 0.6) is 5.75 Å². The van der Waals surface area contributed by atoms with E-state index in [1.165, 1.54) is 7.11 Å². The Kier molecular flexibility index (Phi) is 6.62. The van der Waals surface area contributed by atoms with Gasteiger partial charge in [0.15, 0.2) is 0 Å². The van der Waals surface area contributed by atoms with Crippen LogP contribution in [0, 0.1) is 20.8 Å². The molecule has 0 radical (unpaired) electrons. The molecule has 2 N–H and O–H groups in total. The molecule has 0 saturated carbocycles. The Bertz CT molecular complexity index is 1380. The lowest BCUT2D eigenvalue weighted by Gasteiger charge is -2.16. The van der Waals surface area contributed by atoms with Gasteiger partial charge in [0, 0.05) is 16.9 Å². The molecule has 0 spiro atoms. The third-order valence-corrected chi connectivity index (χ3v) is 6.23. The highest BCUT2D eigenvalue weighted by Gasteiger charge is 2.39. The number of hydrogen-bond donors (Lipinski definition) is 2. The van der Waals surface area contributed by atoms with Crippen molar-refractivity contribution in [2.24, 2.45) is 0 Å². The van der Waals surface area contributed by atoms with Crippen molar-refractivity contribution in [1.29, 1.82) is 0 Å². The van der Waals surface area contributed by atoms with E-state index in [0.717, 1.165) is 21.6 Å². The minimum absolute atomic E-state index is 0.0534. The molecule has 0 aromatic heterocycles. The Labute approximate surface area is 208 Å². The van der Waals surface area contributed by atoms with Gasteiger partial charge in [-0.25, -0.2) is 4.90 Å². The summed E-state index contributed by atoms with van der Waals surface area (Å²) in [6.45, 7) is 5.80. The molecule has 0 saturated heterocycles. The molecule has 3 aromatic carbocycles. The lowest BCUT2D eigenvalue weighted by Crippen LogP contribution is -2.32. The average Bonchev–Trinajstić information content (AvgIpc) is 3.05. The van der Waals surface area contributed by atoms with Crippen molar-refractivity contribution in [3.63, 3.8) is 0 Å². The summed E-state index contributed by atoms with van der Waals surface area (Å²) in [4.78, 5) is 39.7. The monoisotopic (exact) mass is 489 g/mol. The second-order valence-corrected chi connectivity index (χ2v) is 8.62. The van der Waals surface area contributed by atoms with Gasteiger partial charge in [0.2, 0.25) is 0 Å². The summed E-state index contributed by atoms with van der Waals surface area (Å²) in [5.41, 5.74) is 4.85. The minimum Gasteiger partial charge on any atom is -0.497 e. The fraction of sp³-hybridized carbons (Fsp3) is 0.148. The van der Waals surface area contributed by atoms with Crippen LogP contribution in [0.3, 0.4) is 0 Å². The van der Waals surface area contributed by atoms with Crippen molar-refractivity contribution >= 4 is 46.4 Å². The van der Waals surface area contributed by atoms with Gasteiger partial charge in [-0.2, -0.15) is 0 Å². The molecular formula is C27H24ClN3O4. The lowest BCUT2D eigenvalue weighted by atomic mass is 10.1. The molecule has 0 aliphatic carbocycles. The van der Waals surface area contributed by atoms with E-state index in [0.29, 0.717) is 28.4 Å². The third-order valence-electron chi connectivity index (χ3n) is 5.88. The third kappa shape index (κ3) is 4.76. The summed E-state index contributed by atoms with van der Waals surface area (Å²) < 4.78 is 5.13. The molecule has 0 unspecified atom stereocenters. The summed E-state index contributed by atoms with van der Waals surface area (Å²) in [5, 5.41) is 5.63. The number of nitrogens with zero attached hydrogens (tertiary/aromatic N) is 1. The Morgan fingerprint density at radius 1 is 0.857 bits per heavy atom. The van der Waals surface area contributed by atoms with Gasteiger partial charge in [-0.1, -0.05) is 23.7 Å². The van der Waals surface area contributed by atoms with E-state index >= 15 is 0 Å². The summed E-state index contributed by atoms with van der Waals surface area (Å²) in [5.74, 6) is -0.929. The highest BCUT2D eigenvalue weighted by molar-refractivity contribution is 6.53. The maximum atomic E-state index is 13.1. The van der Waals surface area contributed by atoms with Crippen LogP contribution in [0.2, 0.25) is 0 Å². The number of amides is 3. The van der Waals surface area contributed by atoms with Crippen molar-refractivity contribution in [2.45, 2.75) is 20.8 Å². The zero-order valence-electron chi connectivity index (χ0n) is 19.7. The van der Waals surface area contributed by atoms with Gasteiger partial charge in [0.25, 0.3) is 17.7 Å². The average molecular weight is 490 g/mol. The number of imide groups is 1. The fourth-order valence-corrected chi connectivity index (χ4v) is 3.84. The summed E-state index contributed by atoms with van der Waals surface area (Å²) >= 11 is 6.27. The van der Waals surface area contributed by atoms with Crippen LogP contribution < -0.4 is 20.3 Å². The summed E-state index contributed by atoms with van der Waals surface area (Å²) in [7, 11) is 1.53. The first-order valence-electron chi connectivity index (χ1n) is 10.9. The summed E-state index contributed by atoms with van der Waals surface area (Å²) in [6.07, 6.45) is 0. The first-order valence-corrected chi connectivity index (χ1v) is 11.3. The number of benzene rings is 3. The van der Waals surface area contributed by atoms with Crippen LogP contribution in [-0.2, 0) is 9.59 Å². The van der Waals surface area contributed by atoms with Gasteiger partial charge in [0.05, 0.1) is 12.8 Å². The molecule has 178 valence electrons. The quantitative estimate of drug-likeness (QED) is 0.458. The van der Waals surface area contributed by atoms with E-state index < -0.39 is 11.8 Å². The molecule has 0 fully saturated rings. The maximum Gasteiger partial charge on any atom is 0.283 e. The Morgan fingerprint density at radius 2 is 1.54 bits per heavy atom. The van der Waals surface area contributed by atoms with Gasteiger partial charge in [-0.3, -0.25) is 14.4 Å². The molecule has 8 heteroatoms. The van der Waals surface area contributed by atoms with Gasteiger partial charge in [-0.15, -0.1) is 0 Å². The Balaban J connectivity index is 1.57. The van der Waals surface area contributed by atoms with E-state index in [4.69, 9.17) is 16.3 Å². The lowest BCUT2D eigenvalue weighted by molar-refractivity contribution is -0.120. The molecule has 3 amide bonds. The van der Waals surface area contributed by atoms with Crippen LogP contribution in [0.15, 0.2) is 71.4 Å². The van der Waals surface area contributed by atoms with Crippen molar-refractivity contribution in [3.05, 3.63) is 93.6 Å². The Morgan fingerprint density at radius 3 is 2.20 bits per heavy atom. The van der Waals surface area contributed by atoms with Crippen LogP contribution in [0.4, 0.5) is 17.1 Å². The van der Waals surface area contributed by atoms with Gasteiger partial charge < -0.3 is 15.4 Å². The first-order chi connectivity index (χ1) is 16.7. The van der Waals surface area contributed by atoms with Crippen LogP contribution in [0.1, 0.15) is 27.0 Å². The molecule has 4 rings (SSSR count). The predicted molar refractivity (Wildman–Crippen MR) is 137 cm³/mol. The number of halogens is 1. The number of ether oxygens (including phenoxy) is 1. The number of carbonyl (C=O) groups excluding carboxylic acids is 3. The summed E-state index contributed by atoms with van der Waals surface area (Å²) in [6, 6.07) is 17.3. The normalized spacial score (nSPS) is 13.3. The number of carbonyl (C=O) groups is 3. The first kappa shape index (κ1) is 24.0. The molecule has 35 heavy (non-hydrogen) atoms. The highest BCUT2D eigenvalue weighted by atomic mass is 35.5. The van der Waals surface area contributed by atoms with Crippen LogP contribution >= 0.6 is 11.6 Å². The van der Waals surface area contributed by atoms with Crippen molar-refractivity contribution in [1.82, 2.24) is 0 Å². The van der Waals surface area contributed by atoms with E-state index in [9.17, 15) is 14.4 Å². The van der Waals surface area contributed by atoms with Gasteiger partial charge in [-0.05, 0) is 86.0 Å². The smallest absolute Gasteiger partial charge is 0.283 e. The zero-order valence-corrected chi connectivity index (χ0v) is 20.5. The van der Waals surface area contributed by atoms with Crippen molar-refractivity contribution < 1.29 is 19.1 Å². The number of rotatable bonds is 6. The van der Waals surface area contributed by atoms with E-state index in [1.807, 2.05) is 39.0 Å². The number of aryl methyl sites for hydroxylation is 3. The second kappa shape index (κ2) is 9.64. The van der Waals surface area contributed by atoms with Crippen LogP contribution in [-0.4, -0.2) is 24.8 Å². The van der Waals surface area contributed by atoms with E-state index in [-0.39, 0.29) is 16.6 Å². The molecule has 1 heterocycles. The molecular weight excluding hydrogens is 466 g/mol. The number of hydrogen-bond acceptors (Lipinski definition) is 5. The number of nitrogens with one attached hydrogen (secondary N) is 2. The standard InChI is InChI=1S/C27H24ClN3O4/c1-15-6-8-19(13-17(15)3)29-25(32)18-7-5-16(2)22(14-18)30-24-23(28)26(33)31(27(24)34)20-9-11-21(35-4)12-10-20/h5-14,30H,1-4H3,(H,29,32). The predicted octanol–water partition coefficient (Wildman–Crippen LogP) is 5.31. The van der Waals surface area contributed by atoms with E-state index in [1.54, 1.807) is 42.5 Å². The molecule has 0 atom stereocenters. The SMILES string of the molecule is COc1ccc(N2C(=O)C(Cl)=C(Nc3cc(C(=O)Nc4ccc(C)c(C)c4)ccc3C)C2=O)cc1. The molecule has 1 aliphatic heterocycles. The van der Waals surface area contributed by atoms with Gasteiger partial charge in [0.1, 0.15) is 16.5 Å². The fourth-order valence-electron chi connectivity index (χ4n) is 3.63. The molecule has 3 aromatic rings. The molecule has 7 nitrogen and oxygen atoms in total. The van der Waals surface area contributed by atoms with Crippen molar-refractivity contribution in [2.75, 3.05) is 22.6 Å². The highest BCUT2D eigenvalue weighted by Crippen LogP contribution is 2.32. The van der Waals surface area contributed by atoms with Crippen molar-refractivity contribution in [3.8, 4) is 5.75 Å². The number of methoxy groups -OCH3 is 1. The largest absolute Gasteiger partial charge is 0.497 e. The maximum absolute atomic E-state index is 13.1. The van der Waals surface area contributed by atoms with E-state index in [2.05, 4.69) is 10.6 Å².